The van der Waals surface area contributed by atoms with Gasteiger partial charge in [-0.05, 0) is 61.5 Å². The molecule has 1 aliphatic rings. The Kier molecular flexibility index (Phi) is 5.61. The maximum Gasteiger partial charge on any atom is 0.573 e. The number of allylic oxidation sites excluding steroid dienone is 2. The first-order valence-electron chi connectivity index (χ1n) is 8.57. The molecule has 0 aromatic heterocycles. The van der Waals surface area contributed by atoms with Crippen LogP contribution in [0, 0.1) is 0 Å². The zero-order valence-electron chi connectivity index (χ0n) is 15.3. The van der Waals surface area contributed by atoms with E-state index in [0.717, 1.165) is 24.3 Å². The van der Waals surface area contributed by atoms with Gasteiger partial charge in [0.15, 0.2) is 0 Å². The van der Waals surface area contributed by atoms with Crippen molar-refractivity contribution in [1.29, 1.82) is 0 Å². The van der Waals surface area contributed by atoms with Crippen molar-refractivity contribution in [3.63, 3.8) is 0 Å². The lowest BCUT2D eigenvalue weighted by Crippen LogP contribution is -2.30. The Bertz CT molecular complexity index is 1010. The highest BCUT2D eigenvalue weighted by molar-refractivity contribution is 7.92. The molecule has 154 valence electrons. The summed E-state index contributed by atoms with van der Waals surface area (Å²) in [4.78, 5) is -0.195. The van der Waals surface area contributed by atoms with Crippen molar-refractivity contribution in [3.8, 4) is 11.5 Å². The van der Waals surface area contributed by atoms with Crippen LogP contribution in [-0.4, -0.2) is 20.4 Å². The van der Waals surface area contributed by atoms with Gasteiger partial charge in [-0.25, -0.2) is 8.42 Å². The molecule has 1 N–H and O–H groups in total. The second-order valence-corrected chi connectivity index (χ2v) is 8.24. The average molecular weight is 425 g/mol. The van der Waals surface area contributed by atoms with E-state index in [1.165, 1.54) is 0 Å². The Labute approximate surface area is 166 Å². The van der Waals surface area contributed by atoms with Crippen molar-refractivity contribution in [2.45, 2.75) is 30.2 Å². The third-order valence-electron chi connectivity index (χ3n) is 4.04. The summed E-state index contributed by atoms with van der Waals surface area (Å²) in [5.41, 5.74) is -0.187. The summed E-state index contributed by atoms with van der Waals surface area (Å²) in [5.74, 6) is 0.0714. The van der Waals surface area contributed by atoms with Crippen LogP contribution in [0.5, 0.6) is 11.5 Å². The highest BCUT2D eigenvalue weighted by Crippen LogP contribution is 2.28. The van der Waals surface area contributed by atoms with Crippen molar-refractivity contribution in [2.24, 2.45) is 0 Å². The molecule has 1 atom stereocenters. The van der Waals surface area contributed by atoms with Gasteiger partial charge in [0.2, 0.25) is 0 Å². The van der Waals surface area contributed by atoms with Gasteiger partial charge in [-0.1, -0.05) is 18.2 Å². The molecular weight excluding hydrogens is 407 g/mol. The molecule has 0 spiro atoms. The summed E-state index contributed by atoms with van der Waals surface area (Å²) >= 11 is 0. The van der Waals surface area contributed by atoms with E-state index in [9.17, 15) is 21.6 Å². The fourth-order valence-corrected chi connectivity index (χ4v) is 3.74. The summed E-state index contributed by atoms with van der Waals surface area (Å²) in [6, 6.07) is 10.3. The highest BCUT2D eigenvalue weighted by atomic mass is 32.2. The fourth-order valence-electron chi connectivity index (χ4n) is 2.68. The predicted molar refractivity (Wildman–Crippen MR) is 102 cm³/mol. The Balaban J connectivity index is 1.67. The number of halogens is 3. The number of nitrogens with one attached hydrogen (secondary N) is 1. The molecule has 0 amide bonds. The van der Waals surface area contributed by atoms with Crippen LogP contribution in [0.4, 0.5) is 18.9 Å². The molecule has 1 unspecified atom stereocenters. The van der Waals surface area contributed by atoms with E-state index in [4.69, 9.17) is 4.74 Å². The number of anilines is 1. The zero-order chi connectivity index (χ0) is 21.1. The van der Waals surface area contributed by atoms with Crippen LogP contribution in [0.25, 0.3) is 0 Å². The number of hydrogen-bond donors (Lipinski definition) is 1. The molecule has 3 rings (SSSR count). The van der Waals surface area contributed by atoms with Gasteiger partial charge in [0, 0.05) is 12.1 Å². The van der Waals surface area contributed by atoms with Crippen molar-refractivity contribution in [3.05, 3.63) is 72.8 Å². The summed E-state index contributed by atoms with van der Waals surface area (Å²) in [6.07, 6.45) is 3.64. The number of sulfonamides is 1. The van der Waals surface area contributed by atoms with Crippen LogP contribution in [0.15, 0.2) is 77.7 Å². The van der Waals surface area contributed by atoms with E-state index in [2.05, 4.69) is 9.46 Å². The molecule has 9 heteroatoms. The zero-order valence-corrected chi connectivity index (χ0v) is 16.1. The van der Waals surface area contributed by atoms with Crippen molar-refractivity contribution < 1.29 is 31.1 Å². The SMILES string of the molecule is CC1(Oc2ccc(NS(=O)(=O)c3ccc(OC(F)(F)F)cc3)cc2)C=CC=CC1. The van der Waals surface area contributed by atoms with Crippen LogP contribution in [-0.2, 0) is 10.0 Å². The van der Waals surface area contributed by atoms with E-state index in [1.54, 1.807) is 24.3 Å². The first-order valence-corrected chi connectivity index (χ1v) is 10.1. The van der Waals surface area contributed by atoms with Gasteiger partial charge in [0.1, 0.15) is 17.1 Å². The summed E-state index contributed by atoms with van der Waals surface area (Å²) in [7, 11) is -3.97. The number of hydrogen-bond acceptors (Lipinski definition) is 4. The monoisotopic (exact) mass is 425 g/mol. The molecule has 0 fully saturated rings. The van der Waals surface area contributed by atoms with Crippen molar-refractivity contribution >= 4 is 15.7 Å². The quantitative estimate of drug-likeness (QED) is 0.704. The molecule has 2 aromatic rings. The van der Waals surface area contributed by atoms with Crippen LogP contribution in [0.2, 0.25) is 0 Å². The molecular formula is C20H18F3NO4S. The minimum Gasteiger partial charge on any atom is -0.483 e. The molecule has 0 bridgehead atoms. The third-order valence-corrected chi connectivity index (χ3v) is 5.44. The molecule has 2 aromatic carbocycles. The second kappa shape index (κ2) is 7.82. The van der Waals surface area contributed by atoms with Gasteiger partial charge in [0.25, 0.3) is 10.0 Å². The number of rotatable bonds is 6. The van der Waals surface area contributed by atoms with Gasteiger partial charge in [-0.15, -0.1) is 13.2 Å². The van der Waals surface area contributed by atoms with Gasteiger partial charge in [0.05, 0.1) is 4.90 Å². The molecule has 0 saturated carbocycles. The molecule has 0 heterocycles. The minimum atomic E-state index is -4.84. The summed E-state index contributed by atoms with van der Waals surface area (Å²) < 4.78 is 73.5. The van der Waals surface area contributed by atoms with E-state index in [-0.39, 0.29) is 10.6 Å². The number of alkyl halides is 3. The van der Waals surface area contributed by atoms with Crippen LogP contribution >= 0.6 is 0 Å². The Morgan fingerprint density at radius 2 is 1.59 bits per heavy atom. The Hall–Kier alpha value is -2.94. The van der Waals surface area contributed by atoms with E-state index in [0.29, 0.717) is 12.2 Å². The summed E-state index contributed by atoms with van der Waals surface area (Å²) in [6.45, 7) is 1.94. The third kappa shape index (κ3) is 5.77. The smallest absolute Gasteiger partial charge is 0.483 e. The van der Waals surface area contributed by atoms with Gasteiger partial charge >= 0.3 is 6.36 Å². The standard InChI is InChI=1S/C20H18F3NO4S/c1-19(13-3-2-4-14-19)27-16-7-5-15(6-8-16)24-29(25,26)18-11-9-17(10-12-18)28-20(21,22)23/h2-13,24H,14H2,1H3. The topological polar surface area (TPSA) is 64.6 Å². The largest absolute Gasteiger partial charge is 0.573 e. The maximum absolute atomic E-state index is 12.4. The lowest BCUT2D eigenvalue weighted by Gasteiger charge is -2.28. The van der Waals surface area contributed by atoms with Gasteiger partial charge in [-0.2, -0.15) is 0 Å². The van der Waals surface area contributed by atoms with E-state index in [1.807, 2.05) is 31.2 Å². The van der Waals surface area contributed by atoms with Crippen LogP contribution < -0.4 is 14.2 Å². The van der Waals surface area contributed by atoms with E-state index >= 15 is 0 Å². The molecule has 0 aliphatic heterocycles. The van der Waals surface area contributed by atoms with Crippen LogP contribution in [0.3, 0.4) is 0 Å². The van der Waals surface area contributed by atoms with Gasteiger partial charge < -0.3 is 9.47 Å². The molecule has 5 nitrogen and oxygen atoms in total. The lowest BCUT2D eigenvalue weighted by atomic mass is 9.97. The molecule has 1 aliphatic carbocycles. The molecule has 0 saturated heterocycles. The highest BCUT2D eigenvalue weighted by Gasteiger charge is 2.31. The predicted octanol–water partition coefficient (Wildman–Crippen LogP) is 5.04. The second-order valence-electron chi connectivity index (χ2n) is 6.56. The minimum absolute atomic E-state index is 0.195. The first-order chi connectivity index (χ1) is 13.5. The molecule has 0 radical (unpaired) electrons. The maximum atomic E-state index is 12.4. The van der Waals surface area contributed by atoms with Crippen molar-refractivity contribution in [2.75, 3.05) is 4.72 Å². The van der Waals surface area contributed by atoms with E-state index < -0.39 is 27.7 Å². The average Bonchev–Trinajstić information content (AvgIpc) is 2.63. The number of ether oxygens (including phenoxy) is 2. The first kappa shape index (κ1) is 20.8. The Morgan fingerprint density at radius 1 is 0.966 bits per heavy atom. The van der Waals surface area contributed by atoms with Gasteiger partial charge in [-0.3, -0.25) is 4.72 Å². The Morgan fingerprint density at radius 3 is 2.14 bits per heavy atom. The lowest BCUT2D eigenvalue weighted by molar-refractivity contribution is -0.274. The normalized spacial score (nSPS) is 19.0. The number of benzene rings is 2. The molecule has 29 heavy (non-hydrogen) atoms. The summed E-state index contributed by atoms with van der Waals surface area (Å²) in [5, 5.41) is 0. The fraction of sp³-hybridized carbons (Fsp3) is 0.200. The van der Waals surface area contributed by atoms with Crippen LogP contribution in [0.1, 0.15) is 13.3 Å². The van der Waals surface area contributed by atoms with Crippen molar-refractivity contribution in [1.82, 2.24) is 0 Å².